The summed E-state index contributed by atoms with van der Waals surface area (Å²) in [6, 6.07) is 2.80. The second-order valence-corrected chi connectivity index (χ2v) is 28.9. The average Bonchev–Trinajstić information content (AvgIpc) is 2.89. The first kappa shape index (κ1) is 32.6. The first-order valence-corrected chi connectivity index (χ1v) is 25.8. The molecule has 0 radical (unpaired) electrons. The molecule has 0 atom stereocenters. The van der Waals surface area contributed by atoms with Gasteiger partial charge in [-0.3, -0.25) is 0 Å². The van der Waals surface area contributed by atoms with Crippen molar-refractivity contribution in [1.82, 2.24) is 0 Å². The number of nitrogens with two attached hydrogens (primary N) is 6. The van der Waals surface area contributed by atoms with E-state index in [9.17, 15) is 0 Å². The topological polar surface area (TPSA) is 239 Å². The third-order valence-electron chi connectivity index (χ3n) is 6.92. The van der Waals surface area contributed by atoms with Gasteiger partial charge in [0.1, 0.15) is 0 Å². The Morgan fingerprint density at radius 2 is 0.385 bits per heavy atom. The molecule has 5 aliphatic heterocycles. The van der Waals surface area contributed by atoms with Gasteiger partial charge in [0.15, 0.2) is 0 Å². The minimum Gasteiger partial charge on any atom is -0.373 e. The van der Waals surface area contributed by atoms with Crippen LogP contribution < -0.4 is 34.4 Å². The lowest BCUT2D eigenvalue weighted by Gasteiger charge is -2.63. The van der Waals surface area contributed by atoms with Crippen LogP contribution in [-0.2, 0) is 37.0 Å². The summed E-state index contributed by atoms with van der Waals surface area (Å²) >= 11 is 0. The smallest absolute Gasteiger partial charge is 0.373 e. The monoisotopic (exact) mass is 660 g/mol. The van der Waals surface area contributed by atoms with E-state index in [1.807, 2.05) is 0 Å². The SMILES string of the molecule is NCCC[Si]12O[Si]3(CCCN)O[Si](CCCN)(O1)O[Si]1(CCCN)O[Si](CCCN)(O[Si](CCCN)(O1)O3)O2. The molecule has 0 saturated carbocycles. The maximum absolute atomic E-state index is 7.11. The highest BCUT2D eigenvalue weighted by Crippen LogP contribution is 2.53. The van der Waals surface area contributed by atoms with Crippen molar-refractivity contribution in [3.63, 3.8) is 0 Å². The Morgan fingerprint density at radius 1 is 0.256 bits per heavy atom. The molecule has 0 unspecified atom stereocenters. The van der Waals surface area contributed by atoms with Crippen LogP contribution in [0.5, 0.6) is 0 Å². The van der Waals surface area contributed by atoms with Crippen LogP contribution in [0.3, 0.4) is 0 Å². The minimum absolute atomic E-state index is 0.439. The highest BCUT2D eigenvalue weighted by molar-refractivity contribution is 7.02. The Labute approximate surface area is 237 Å². The number of hydrogen-bond acceptors (Lipinski definition) is 15. The molecule has 5 heterocycles. The van der Waals surface area contributed by atoms with Crippen molar-refractivity contribution in [3.8, 4) is 0 Å². The summed E-state index contributed by atoms with van der Waals surface area (Å²) in [4.78, 5) is 0. The molecule has 228 valence electrons. The molecule has 5 saturated heterocycles. The summed E-state index contributed by atoms with van der Waals surface area (Å²) in [5.41, 5.74) is 35.8. The molecule has 0 aliphatic carbocycles. The van der Waals surface area contributed by atoms with Gasteiger partial charge in [-0.1, -0.05) is 0 Å². The summed E-state index contributed by atoms with van der Waals surface area (Å²) < 4.78 is 62.9. The van der Waals surface area contributed by atoms with Gasteiger partial charge in [-0.25, -0.2) is 0 Å². The van der Waals surface area contributed by atoms with Gasteiger partial charge in [-0.05, 0) is 77.8 Å². The van der Waals surface area contributed by atoms with Gasteiger partial charge in [0.2, 0.25) is 0 Å². The van der Waals surface area contributed by atoms with E-state index in [-0.39, 0.29) is 0 Å². The van der Waals surface area contributed by atoms with E-state index in [0.717, 1.165) is 0 Å². The Bertz CT molecular complexity index is 641. The first-order valence-electron chi connectivity index (χ1n) is 14.2. The van der Waals surface area contributed by atoms with E-state index < -0.39 is 52.8 Å². The third kappa shape index (κ3) is 7.27. The zero-order valence-corrected chi connectivity index (χ0v) is 28.9. The van der Waals surface area contributed by atoms with Crippen LogP contribution >= 0.6 is 0 Å². The zero-order chi connectivity index (χ0) is 28.1. The minimum atomic E-state index is -3.54. The molecule has 5 aliphatic rings. The maximum Gasteiger partial charge on any atom is 0.478 e. The van der Waals surface area contributed by atoms with E-state index >= 15 is 0 Å². The van der Waals surface area contributed by atoms with Gasteiger partial charge >= 0.3 is 52.8 Å². The second-order valence-electron chi connectivity index (χ2n) is 10.4. The average molecular weight is 661 g/mol. The Kier molecular flexibility index (Phi) is 11.3. The van der Waals surface area contributed by atoms with E-state index in [2.05, 4.69) is 0 Å². The van der Waals surface area contributed by atoms with Gasteiger partial charge in [-0.2, -0.15) is 0 Å². The molecule has 12 N–H and O–H groups in total. The van der Waals surface area contributed by atoms with Crippen molar-refractivity contribution >= 4 is 52.8 Å². The molecular formula is C18H48N6O9Si6. The zero-order valence-electron chi connectivity index (χ0n) is 22.9. The molecule has 6 bridgehead atoms. The first-order chi connectivity index (χ1) is 18.7. The van der Waals surface area contributed by atoms with Crippen molar-refractivity contribution in [1.29, 1.82) is 0 Å². The maximum atomic E-state index is 7.11. The third-order valence-corrected chi connectivity index (χ3v) is 35.1. The fourth-order valence-electron chi connectivity index (χ4n) is 5.34. The molecule has 0 aromatic carbocycles. The lowest BCUT2D eigenvalue weighted by Crippen LogP contribution is -2.88. The fraction of sp³-hybridized carbons (Fsp3) is 1.00. The molecule has 39 heavy (non-hydrogen) atoms. The van der Waals surface area contributed by atoms with Gasteiger partial charge in [-0.15, -0.1) is 0 Å². The van der Waals surface area contributed by atoms with E-state index in [1.54, 1.807) is 0 Å². The standard InChI is InChI=1S/C18H48N6O9Si6/c19-7-1-13-34-25-35(14-2-8-20)27-36(26-34,15-3-9-21)33-39(18-6-12-24)29-37(31-34,16-4-10-22)28-38(30-39,32-35)17-5-11-23/h1-24H2. The molecule has 0 spiro atoms. The van der Waals surface area contributed by atoms with E-state index in [1.165, 1.54) is 0 Å². The molecule has 0 aromatic rings. The predicted octanol–water partition coefficient (Wildman–Crippen LogP) is -1.08. The molecule has 0 amide bonds. The summed E-state index contributed by atoms with van der Waals surface area (Å²) in [5, 5.41) is 0. The lowest BCUT2D eigenvalue weighted by atomic mass is 10.5. The highest BCUT2D eigenvalue weighted by atomic mass is 28.6. The summed E-state index contributed by atoms with van der Waals surface area (Å²) in [5.74, 6) is 0. The van der Waals surface area contributed by atoms with Crippen molar-refractivity contribution < 1.29 is 37.0 Å². The van der Waals surface area contributed by atoms with Crippen LogP contribution in [0, 0.1) is 0 Å². The predicted molar refractivity (Wildman–Crippen MR) is 155 cm³/mol. The van der Waals surface area contributed by atoms with Crippen molar-refractivity contribution in [2.75, 3.05) is 39.3 Å². The molecule has 21 heteroatoms. The van der Waals surface area contributed by atoms with Crippen molar-refractivity contribution in [2.45, 2.75) is 74.8 Å². The summed E-state index contributed by atoms with van der Waals surface area (Å²) in [7, 11) is -21.2. The second kappa shape index (κ2) is 13.6. The van der Waals surface area contributed by atoms with Crippen LogP contribution in [0.25, 0.3) is 0 Å². The molecule has 15 nitrogen and oxygen atoms in total. The van der Waals surface area contributed by atoms with Crippen LogP contribution in [0.2, 0.25) is 36.3 Å². The van der Waals surface area contributed by atoms with Crippen molar-refractivity contribution in [2.24, 2.45) is 34.4 Å². The van der Waals surface area contributed by atoms with Gasteiger partial charge in [0.05, 0.1) is 0 Å². The van der Waals surface area contributed by atoms with E-state index in [4.69, 9.17) is 71.4 Å². The molecule has 0 aromatic heterocycles. The molecule has 5 fully saturated rings. The van der Waals surface area contributed by atoms with E-state index in [0.29, 0.717) is 114 Å². The van der Waals surface area contributed by atoms with Crippen LogP contribution in [0.15, 0.2) is 0 Å². The largest absolute Gasteiger partial charge is 0.478 e. The van der Waals surface area contributed by atoms with Crippen molar-refractivity contribution in [3.05, 3.63) is 0 Å². The highest BCUT2D eigenvalue weighted by Gasteiger charge is 2.81. The quantitative estimate of drug-likeness (QED) is 0.0958. The summed E-state index contributed by atoms with van der Waals surface area (Å²) in [6.45, 7) is 2.63. The lowest BCUT2D eigenvalue weighted by molar-refractivity contribution is -0.0322. The van der Waals surface area contributed by atoms with Gasteiger partial charge < -0.3 is 71.4 Å². The van der Waals surface area contributed by atoms with Gasteiger partial charge in [0, 0.05) is 36.3 Å². The Morgan fingerprint density at radius 3 is 0.487 bits per heavy atom. The van der Waals surface area contributed by atoms with Crippen LogP contribution in [0.4, 0.5) is 0 Å². The van der Waals surface area contributed by atoms with Crippen LogP contribution in [0.1, 0.15) is 38.5 Å². The normalized spacial score (nSPS) is 41.1. The molecule has 5 rings (SSSR count). The Hall–Kier alpha value is 0.701. The number of rotatable bonds is 18. The fourth-order valence-corrected chi connectivity index (χ4v) is 43.3. The number of hydrogen-bond donors (Lipinski definition) is 6. The Balaban J connectivity index is 1.92. The van der Waals surface area contributed by atoms with Crippen LogP contribution in [-0.4, -0.2) is 92.1 Å². The molecular weight excluding hydrogens is 613 g/mol. The van der Waals surface area contributed by atoms with Gasteiger partial charge in [0.25, 0.3) is 0 Å². The summed E-state index contributed by atoms with van der Waals surface area (Å²) in [6.07, 6.45) is 3.74.